The number of carbonyl (C=O) groups is 2. The number of rotatable bonds is 5. The molecule has 0 heterocycles. The summed E-state index contributed by atoms with van der Waals surface area (Å²) in [5, 5.41) is 0. The van der Waals surface area contributed by atoms with Crippen molar-refractivity contribution in [2.75, 3.05) is 0 Å². The first kappa shape index (κ1) is 15.0. The minimum absolute atomic E-state index is 0. The molecule has 0 aliphatic carbocycles. The summed E-state index contributed by atoms with van der Waals surface area (Å²) in [5.74, 6) is -1.51. The summed E-state index contributed by atoms with van der Waals surface area (Å²) in [6.45, 7) is 0. The third-order valence-electron chi connectivity index (χ3n) is 0.656. The van der Waals surface area contributed by atoms with E-state index >= 15 is 0 Å². The van der Waals surface area contributed by atoms with Gasteiger partial charge >= 0.3 is 38.2 Å². The van der Waals surface area contributed by atoms with Gasteiger partial charge in [-0.25, -0.2) is 0 Å². The number of hydrogen-bond donors (Lipinski definition) is 0. The van der Waals surface area contributed by atoms with E-state index in [0.717, 1.165) is 0 Å². The van der Waals surface area contributed by atoms with E-state index in [1.165, 1.54) is 0 Å². The van der Waals surface area contributed by atoms with E-state index in [9.17, 15) is 23.0 Å². The number of halogens is 3. The second kappa shape index (κ2) is 8.13. The summed E-state index contributed by atoms with van der Waals surface area (Å²) in [5.41, 5.74) is 0. The van der Waals surface area contributed by atoms with Crippen molar-refractivity contribution in [1.82, 2.24) is 0 Å². The van der Waals surface area contributed by atoms with Crippen LogP contribution in [0.25, 0.3) is 0 Å². The average Bonchev–Trinajstić information content (AvgIpc) is 1.98. The van der Waals surface area contributed by atoms with Gasteiger partial charge in [0.1, 0.15) is 6.42 Å². The van der Waals surface area contributed by atoms with E-state index < -0.39 is 25.7 Å². The van der Waals surface area contributed by atoms with Crippen molar-refractivity contribution in [1.29, 1.82) is 0 Å². The molecule has 0 N–H and O–H groups in total. The molecule has 0 amide bonds. The van der Waals surface area contributed by atoms with E-state index in [0.29, 0.717) is 0 Å². The van der Waals surface area contributed by atoms with Crippen LogP contribution in [0.4, 0.5) is 13.4 Å². The van der Waals surface area contributed by atoms with Crippen molar-refractivity contribution < 1.29 is 37.4 Å². The Balaban J connectivity index is 0. The van der Waals surface area contributed by atoms with Crippen LogP contribution in [0.5, 0.6) is 0 Å². The second-order valence-corrected chi connectivity index (χ2v) is 1.49. The van der Waals surface area contributed by atoms with Gasteiger partial charge in [0.05, 0.1) is 0 Å². The first-order valence-corrected chi connectivity index (χ1v) is 2.52. The zero-order valence-electron chi connectivity index (χ0n) is 5.46. The standard InChI is InChI=1S/C3H2BF3O5.Li.H/c5-2(8)1-3(9)10-4(11-6)12-7;;/h1H2;;. The first-order valence-electron chi connectivity index (χ1n) is 2.52. The summed E-state index contributed by atoms with van der Waals surface area (Å²) in [6.07, 6.45) is -1.26. The number of hydrogen-bond acceptors (Lipinski definition) is 5. The van der Waals surface area contributed by atoms with E-state index in [4.69, 9.17) is 0 Å². The summed E-state index contributed by atoms with van der Waals surface area (Å²) in [4.78, 5) is 24.9. The molecule has 0 aromatic heterocycles. The predicted octanol–water partition coefficient (Wildman–Crippen LogP) is -0.446. The maximum absolute atomic E-state index is 11.4. The van der Waals surface area contributed by atoms with Crippen LogP contribution in [-0.4, -0.2) is 38.2 Å². The van der Waals surface area contributed by atoms with Crippen LogP contribution in [0.3, 0.4) is 0 Å². The Morgan fingerprint density at radius 3 is 2.00 bits per heavy atom. The fourth-order valence-corrected chi connectivity index (χ4v) is 0.313. The van der Waals surface area contributed by atoms with Crippen LogP contribution >= 0.6 is 0 Å². The topological polar surface area (TPSA) is 61.8 Å². The van der Waals surface area contributed by atoms with Gasteiger partial charge in [0.15, 0.2) is 0 Å². The molecular weight excluding hydrogens is 191 g/mol. The Morgan fingerprint density at radius 2 is 1.69 bits per heavy atom. The van der Waals surface area contributed by atoms with Gasteiger partial charge in [0.25, 0.3) is 0 Å². The fraction of sp³-hybridized carbons (Fsp3) is 0.333. The molecule has 0 aliphatic heterocycles. The fourth-order valence-electron chi connectivity index (χ4n) is 0.313. The van der Waals surface area contributed by atoms with Crippen molar-refractivity contribution in [2.45, 2.75) is 6.42 Å². The monoisotopic (exact) mass is 194 g/mol. The molecule has 0 unspecified atom stereocenters. The summed E-state index contributed by atoms with van der Waals surface area (Å²) in [6, 6.07) is -2.00. The van der Waals surface area contributed by atoms with E-state index in [1.54, 1.807) is 0 Å². The molecule has 70 valence electrons. The molecule has 0 spiro atoms. The number of carbonyl (C=O) groups excluding carboxylic acids is 2. The Kier molecular flexibility index (Phi) is 9.38. The third-order valence-corrected chi connectivity index (χ3v) is 0.656. The average molecular weight is 194 g/mol. The Morgan fingerprint density at radius 1 is 1.23 bits per heavy atom. The van der Waals surface area contributed by atoms with Gasteiger partial charge < -0.3 is 4.65 Å². The van der Waals surface area contributed by atoms with Crippen molar-refractivity contribution in [2.24, 2.45) is 0 Å². The van der Waals surface area contributed by atoms with Crippen LogP contribution in [0, 0.1) is 0 Å². The van der Waals surface area contributed by atoms with Crippen LogP contribution in [0.2, 0.25) is 0 Å². The van der Waals surface area contributed by atoms with Gasteiger partial charge in [0.2, 0.25) is 0 Å². The van der Waals surface area contributed by atoms with Crippen molar-refractivity contribution in [3.05, 3.63) is 0 Å². The molecule has 0 bridgehead atoms. The van der Waals surface area contributed by atoms with E-state index in [-0.39, 0.29) is 18.9 Å². The molecule has 0 radical (unpaired) electrons. The van der Waals surface area contributed by atoms with Gasteiger partial charge in [-0.15, -0.1) is 0 Å². The molecular formula is C3H3BF3LiO5. The summed E-state index contributed by atoms with van der Waals surface area (Å²) in [7, 11) is -2.53. The van der Waals surface area contributed by atoms with Gasteiger partial charge in [-0.1, -0.05) is 9.05 Å². The quantitative estimate of drug-likeness (QED) is 0.337. The molecule has 0 rings (SSSR count). The van der Waals surface area contributed by atoms with Gasteiger partial charge in [-0.05, 0) is 0 Å². The van der Waals surface area contributed by atoms with Crippen molar-refractivity contribution in [3.63, 3.8) is 0 Å². The van der Waals surface area contributed by atoms with Crippen LogP contribution < -0.4 is 0 Å². The Labute approximate surface area is 82.7 Å². The van der Waals surface area contributed by atoms with E-state index in [2.05, 4.69) is 14.4 Å². The Bertz CT molecular complexity index is 176. The first-order chi connectivity index (χ1) is 5.60. The van der Waals surface area contributed by atoms with Crippen LogP contribution in [-0.2, 0) is 24.0 Å². The van der Waals surface area contributed by atoms with Crippen molar-refractivity contribution >= 4 is 38.2 Å². The molecule has 0 aromatic rings. The maximum atomic E-state index is 11.4. The molecule has 0 saturated heterocycles. The second-order valence-electron chi connectivity index (χ2n) is 1.49. The third kappa shape index (κ3) is 7.86. The van der Waals surface area contributed by atoms with E-state index in [1.807, 2.05) is 0 Å². The molecule has 13 heavy (non-hydrogen) atoms. The minimum atomic E-state index is -2.53. The summed E-state index contributed by atoms with van der Waals surface area (Å²) < 4.78 is 37.0. The predicted molar refractivity (Wildman–Crippen MR) is 34.1 cm³/mol. The normalized spacial score (nSPS) is 8.54. The van der Waals surface area contributed by atoms with Gasteiger partial charge in [0, 0.05) is 0 Å². The van der Waals surface area contributed by atoms with Crippen LogP contribution in [0.1, 0.15) is 6.42 Å². The van der Waals surface area contributed by atoms with Gasteiger partial charge in [-0.3, -0.25) is 9.59 Å². The zero-order valence-corrected chi connectivity index (χ0v) is 5.46. The SMILES string of the molecule is O=C(F)CC(=O)OB(OF)OF.[LiH]. The molecule has 0 fully saturated rings. The zero-order chi connectivity index (χ0) is 9.56. The van der Waals surface area contributed by atoms with Gasteiger partial charge in [-0.2, -0.15) is 14.1 Å². The molecule has 10 heteroatoms. The summed E-state index contributed by atoms with van der Waals surface area (Å²) >= 11 is 0. The van der Waals surface area contributed by atoms with Crippen molar-refractivity contribution in [3.8, 4) is 0 Å². The molecule has 0 atom stereocenters. The molecule has 0 aliphatic rings. The molecule has 0 saturated carbocycles. The molecule has 5 nitrogen and oxygen atoms in total. The molecule has 0 aromatic carbocycles. The Hall–Kier alpha value is -0.488. The van der Waals surface area contributed by atoms with Crippen LogP contribution in [0.15, 0.2) is 0 Å².